The van der Waals surface area contributed by atoms with E-state index < -0.39 is 25.6 Å². The van der Waals surface area contributed by atoms with Crippen molar-refractivity contribution < 1.29 is 34.0 Å². The Balaban J connectivity index is 1.93. The standard InChI is InChI=1S/C23H36NO7P/c1-30-23(27)13-9-4-3-8-12-19-20(22(26)16-21(19)25)17-24(31-2)32(28,29)15-14-18-10-6-5-7-11-18/h3,5-8,10-11,19-22,25-26H,4,9,12-17H2,1-2H3,(H,28,29)/t19?,20-,21+,22-/m0/s1. The topological polar surface area (TPSA) is 117 Å². The quantitative estimate of drug-likeness (QED) is 0.133. The van der Waals surface area contributed by atoms with Crippen LogP contribution in [0, 0.1) is 11.8 Å². The number of hydrogen-bond donors (Lipinski definition) is 3. The number of nitrogens with zero attached hydrogens (tertiary/aromatic N) is 1. The van der Waals surface area contributed by atoms with E-state index in [1.54, 1.807) is 0 Å². The lowest BCUT2D eigenvalue weighted by atomic mass is 9.90. The van der Waals surface area contributed by atoms with Crippen LogP contribution in [0.15, 0.2) is 42.5 Å². The Morgan fingerprint density at radius 1 is 1.16 bits per heavy atom. The molecule has 0 bridgehead atoms. The van der Waals surface area contributed by atoms with Crippen molar-refractivity contribution in [1.82, 2.24) is 4.83 Å². The zero-order chi connectivity index (χ0) is 23.6. The van der Waals surface area contributed by atoms with Crippen LogP contribution >= 0.6 is 7.52 Å². The highest BCUT2D eigenvalue weighted by Crippen LogP contribution is 2.48. The second-order valence-corrected chi connectivity index (χ2v) is 10.4. The molecule has 2 unspecified atom stereocenters. The number of hydrogen-bond acceptors (Lipinski definition) is 6. The zero-order valence-electron chi connectivity index (χ0n) is 18.9. The molecule has 32 heavy (non-hydrogen) atoms. The van der Waals surface area contributed by atoms with Crippen LogP contribution in [0.25, 0.3) is 0 Å². The van der Waals surface area contributed by atoms with Crippen molar-refractivity contribution >= 4 is 13.5 Å². The highest BCUT2D eigenvalue weighted by Gasteiger charge is 2.44. The zero-order valence-corrected chi connectivity index (χ0v) is 19.8. The number of hydroxylamine groups is 1. The maximum atomic E-state index is 13.0. The van der Waals surface area contributed by atoms with Gasteiger partial charge in [0.25, 0.3) is 7.52 Å². The highest BCUT2D eigenvalue weighted by molar-refractivity contribution is 7.55. The van der Waals surface area contributed by atoms with E-state index in [0.717, 1.165) is 10.4 Å². The summed E-state index contributed by atoms with van der Waals surface area (Å²) in [6, 6.07) is 9.47. The van der Waals surface area contributed by atoms with Crippen LogP contribution in [-0.4, -0.2) is 65.0 Å². The summed E-state index contributed by atoms with van der Waals surface area (Å²) in [5.74, 6) is -0.899. The number of carbonyl (C=O) groups is 1. The molecular weight excluding hydrogens is 433 g/mol. The molecule has 9 heteroatoms. The third kappa shape index (κ3) is 8.10. The number of aliphatic hydroxyl groups excluding tert-OH is 2. The van der Waals surface area contributed by atoms with Crippen molar-refractivity contribution in [2.45, 2.75) is 50.7 Å². The Bertz CT molecular complexity index is 773. The number of unbranched alkanes of at least 4 members (excludes halogenated alkanes) is 1. The van der Waals surface area contributed by atoms with Gasteiger partial charge in [-0.05, 0) is 43.6 Å². The Kier molecular flexibility index (Phi) is 11.0. The highest BCUT2D eigenvalue weighted by atomic mass is 31.2. The number of aryl methyl sites for hydroxylation is 1. The van der Waals surface area contributed by atoms with Gasteiger partial charge in [-0.2, -0.15) is 0 Å². The van der Waals surface area contributed by atoms with Gasteiger partial charge < -0.3 is 19.8 Å². The molecule has 0 aliphatic heterocycles. The Morgan fingerprint density at radius 2 is 1.84 bits per heavy atom. The first-order chi connectivity index (χ1) is 15.3. The third-order valence-electron chi connectivity index (χ3n) is 6.04. The summed E-state index contributed by atoms with van der Waals surface area (Å²) in [5.41, 5.74) is 0.962. The van der Waals surface area contributed by atoms with Gasteiger partial charge in [0.1, 0.15) is 0 Å². The van der Waals surface area contributed by atoms with Gasteiger partial charge in [0.2, 0.25) is 0 Å². The van der Waals surface area contributed by atoms with Gasteiger partial charge in [0.15, 0.2) is 0 Å². The fourth-order valence-corrected chi connectivity index (χ4v) is 5.61. The number of allylic oxidation sites excluding steroid dienone is 2. The van der Waals surface area contributed by atoms with Crippen LogP contribution < -0.4 is 0 Å². The molecule has 3 N–H and O–H groups in total. The molecule has 1 saturated carbocycles. The predicted molar refractivity (Wildman–Crippen MR) is 122 cm³/mol. The molecule has 1 aliphatic rings. The summed E-state index contributed by atoms with van der Waals surface area (Å²) in [7, 11) is -1.08. The second kappa shape index (κ2) is 13.2. The molecule has 1 aromatic rings. The maximum absolute atomic E-state index is 13.0. The average molecular weight is 470 g/mol. The molecule has 5 atom stereocenters. The van der Waals surface area contributed by atoms with Gasteiger partial charge in [0, 0.05) is 25.0 Å². The number of esters is 1. The van der Waals surface area contributed by atoms with E-state index in [1.807, 2.05) is 42.5 Å². The normalized spacial score (nSPS) is 25.3. The van der Waals surface area contributed by atoms with Crippen molar-refractivity contribution in [2.75, 3.05) is 26.9 Å². The summed E-state index contributed by atoms with van der Waals surface area (Å²) in [6.07, 6.45) is 5.35. The molecule has 0 radical (unpaired) electrons. The van der Waals surface area contributed by atoms with Crippen LogP contribution in [0.4, 0.5) is 0 Å². The van der Waals surface area contributed by atoms with Crippen molar-refractivity contribution in [2.24, 2.45) is 11.8 Å². The molecule has 1 aromatic carbocycles. The number of aliphatic hydroxyl groups is 2. The lowest BCUT2D eigenvalue weighted by molar-refractivity contribution is -0.140. The van der Waals surface area contributed by atoms with E-state index in [4.69, 9.17) is 4.84 Å². The lowest BCUT2D eigenvalue weighted by Crippen LogP contribution is -2.34. The monoisotopic (exact) mass is 469 g/mol. The summed E-state index contributed by atoms with van der Waals surface area (Å²) >= 11 is 0. The van der Waals surface area contributed by atoms with Crippen LogP contribution in [0.2, 0.25) is 0 Å². The van der Waals surface area contributed by atoms with Crippen molar-refractivity contribution in [3.05, 3.63) is 48.0 Å². The van der Waals surface area contributed by atoms with E-state index in [2.05, 4.69) is 4.74 Å². The minimum atomic E-state index is -3.79. The number of rotatable bonds is 13. The summed E-state index contributed by atoms with van der Waals surface area (Å²) < 4.78 is 17.6. The smallest absolute Gasteiger partial charge is 0.305 e. The second-order valence-electron chi connectivity index (χ2n) is 8.21. The Hall–Kier alpha value is -1.54. The minimum absolute atomic E-state index is 0.0288. The first kappa shape index (κ1) is 26.7. The lowest BCUT2D eigenvalue weighted by Gasteiger charge is -2.31. The van der Waals surface area contributed by atoms with Crippen molar-refractivity contribution in [3.8, 4) is 0 Å². The fraction of sp³-hybridized carbons (Fsp3) is 0.609. The molecule has 180 valence electrons. The first-order valence-electron chi connectivity index (χ1n) is 11.0. The van der Waals surface area contributed by atoms with Crippen LogP contribution in [0.5, 0.6) is 0 Å². The fourth-order valence-electron chi connectivity index (χ4n) is 4.14. The first-order valence-corrected chi connectivity index (χ1v) is 12.8. The van der Waals surface area contributed by atoms with E-state index in [-0.39, 0.29) is 31.0 Å². The Labute approximate surface area is 190 Å². The van der Waals surface area contributed by atoms with Crippen LogP contribution in [0.1, 0.15) is 37.7 Å². The molecule has 1 aliphatic carbocycles. The van der Waals surface area contributed by atoms with E-state index in [1.165, 1.54) is 14.2 Å². The van der Waals surface area contributed by atoms with E-state index >= 15 is 0 Å². The van der Waals surface area contributed by atoms with Gasteiger partial charge in [-0.1, -0.05) is 42.5 Å². The molecule has 0 spiro atoms. The third-order valence-corrected chi connectivity index (χ3v) is 7.87. The predicted octanol–water partition coefficient (Wildman–Crippen LogP) is 2.93. The molecular formula is C23H36NO7P. The molecule has 0 heterocycles. The van der Waals surface area contributed by atoms with Crippen LogP contribution in [0.3, 0.4) is 0 Å². The van der Waals surface area contributed by atoms with E-state index in [0.29, 0.717) is 32.1 Å². The molecule has 0 saturated heterocycles. The SMILES string of the molecule is COC(=O)CCCC=CCC1[C@H](O)C[C@H](O)[C@H]1CN(OC)P(=O)(O)CCc1ccccc1. The average Bonchev–Trinajstić information content (AvgIpc) is 3.05. The van der Waals surface area contributed by atoms with Gasteiger partial charge in [-0.25, -0.2) is 0 Å². The number of carbonyl (C=O) groups excluding carboxylic acids is 1. The van der Waals surface area contributed by atoms with Crippen LogP contribution in [-0.2, 0) is 25.4 Å². The summed E-state index contributed by atoms with van der Waals surface area (Å²) in [4.78, 5) is 28.1. The summed E-state index contributed by atoms with van der Waals surface area (Å²) in [5, 5.41) is 20.9. The maximum Gasteiger partial charge on any atom is 0.305 e. The van der Waals surface area contributed by atoms with Crippen molar-refractivity contribution in [3.63, 3.8) is 0 Å². The largest absolute Gasteiger partial charge is 0.469 e. The van der Waals surface area contributed by atoms with Crippen molar-refractivity contribution in [1.29, 1.82) is 0 Å². The van der Waals surface area contributed by atoms with Gasteiger partial charge in [-0.15, -0.1) is 4.83 Å². The molecule has 0 amide bonds. The molecule has 8 nitrogen and oxygen atoms in total. The molecule has 2 rings (SSSR count). The van der Waals surface area contributed by atoms with E-state index in [9.17, 15) is 24.5 Å². The van der Waals surface area contributed by atoms with Gasteiger partial charge in [0.05, 0.1) is 26.4 Å². The van der Waals surface area contributed by atoms with Gasteiger partial charge >= 0.3 is 5.97 Å². The number of benzene rings is 1. The number of ether oxygens (including phenoxy) is 1. The Morgan fingerprint density at radius 3 is 2.50 bits per heavy atom. The molecule has 0 aromatic heterocycles. The van der Waals surface area contributed by atoms with Gasteiger partial charge in [-0.3, -0.25) is 14.2 Å². The molecule has 1 fully saturated rings. The number of methoxy groups -OCH3 is 1. The minimum Gasteiger partial charge on any atom is -0.469 e. The summed E-state index contributed by atoms with van der Waals surface area (Å²) in [6.45, 7) is 0.0537.